The largest absolute Gasteiger partial charge is 0.278 e. The molecule has 0 aliphatic heterocycles. The third-order valence-electron chi connectivity index (χ3n) is 3.23. The molecule has 1 N–H and O–H groups in total. The van der Waals surface area contributed by atoms with Gasteiger partial charge >= 0.3 is 0 Å². The molecule has 0 aliphatic carbocycles. The molecule has 0 unspecified atom stereocenters. The van der Waals surface area contributed by atoms with E-state index in [1.165, 1.54) is 6.20 Å². The minimum Gasteiger partial charge on any atom is -0.278 e. The van der Waals surface area contributed by atoms with Gasteiger partial charge in [0.05, 0.1) is 23.0 Å². The number of nitrogens with one attached hydrogen (secondary N) is 1. The summed E-state index contributed by atoms with van der Waals surface area (Å²) >= 11 is 0. The lowest BCUT2D eigenvalue weighted by molar-refractivity contribution is 0.546. The van der Waals surface area contributed by atoms with E-state index in [1.807, 2.05) is 13.8 Å². The molecule has 2 heterocycles. The molecule has 1 aromatic carbocycles. The molecule has 0 fully saturated rings. The van der Waals surface area contributed by atoms with Crippen LogP contribution in [-0.2, 0) is 10.0 Å². The maximum Gasteiger partial charge on any atom is 0.261 e. The van der Waals surface area contributed by atoms with Crippen molar-refractivity contribution in [3.8, 4) is 0 Å². The number of benzene rings is 1. The van der Waals surface area contributed by atoms with E-state index in [1.54, 1.807) is 47.3 Å². The zero-order valence-electron chi connectivity index (χ0n) is 12.3. The number of nitrogens with zero attached hydrogens (tertiary/aromatic N) is 3. The van der Waals surface area contributed by atoms with Crippen LogP contribution < -0.4 is 4.72 Å². The molecule has 22 heavy (non-hydrogen) atoms. The number of hydrogen-bond acceptors (Lipinski definition) is 4. The normalized spacial score (nSPS) is 12.0. The van der Waals surface area contributed by atoms with Gasteiger partial charge in [-0.15, -0.1) is 0 Å². The Morgan fingerprint density at radius 2 is 1.86 bits per heavy atom. The van der Waals surface area contributed by atoms with Crippen LogP contribution in [0.4, 0.5) is 5.69 Å². The molecule has 0 radical (unpaired) electrons. The molecule has 0 saturated heterocycles. The first-order valence-electron chi connectivity index (χ1n) is 6.88. The monoisotopic (exact) mass is 316 g/mol. The first kappa shape index (κ1) is 14.5. The minimum absolute atomic E-state index is 0.192. The highest BCUT2D eigenvalue weighted by atomic mass is 32.2. The van der Waals surface area contributed by atoms with Gasteiger partial charge in [-0.2, -0.15) is 5.10 Å². The van der Waals surface area contributed by atoms with Crippen LogP contribution in [0.2, 0.25) is 0 Å². The topological polar surface area (TPSA) is 76.9 Å². The number of hydrogen-bond donors (Lipinski definition) is 1. The van der Waals surface area contributed by atoms with Crippen LogP contribution in [0.5, 0.6) is 0 Å². The van der Waals surface area contributed by atoms with E-state index < -0.39 is 10.0 Å². The van der Waals surface area contributed by atoms with Crippen molar-refractivity contribution in [2.75, 3.05) is 4.72 Å². The predicted molar refractivity (Wildman–Crippen MR) is 85.2 cm³/mol. The van der Waals surface area contributed by atoms with E-state index in [0.717, 1.165) is 11.0 Å². The molecule has 7 heteroatoms. The third kappa shape index (κ3) is 2.67. The zero-order chi connectivity index (χ0) is 15.7. The molecule has 6 nitrogen and oxygen atoms in total. The van der Waals surface area contributed by atoms with Gasteiger partial charge < -0.3 is 0 Å². The smallest absolute Gasteiger partial charge is 0.261 e. The molecule has 3 aromatic rings. The third-order valence-corrected chi connectivity index (χ3v) is 4.63. The first-order chi connectivity index (χ1) is 10.5. The van der Waals surface area contributed by atoms with Crippen molar-refractivity contribution in [2.45, 2.75) is 24.8 Å². The molecule has 0 saturated carbocycles. The second-order valence-electron chi connectivity index (χ2n) is 5.24. The summed E-state index contributed by atoms with van der Waals surface area (Å²) in [4.78, 5) is 4.53. The van der Waals surface area contributed by atoms with Gasteiger partial charge in [0.1, 0.15) is 0 Å². The number of pyridine rings is 1. The van der Waals surface area contributed by atoms with Gasteiger partial charge in [0.15, 0.2) is 5.65 Å². The molecule has 0 amide bonds. The van der Waals surface area contributed by atoms with Crippen LogP contribution in [0.25, 0.3) is 11.0 Å². The van der Waals surface area contributed by atoms with Gasteiger partial charge in [-0.25, -0.2) is 18.1 Å². The molecular formula is C15H16N4O2S. The Bertz CT molecular complexity index is 902. The van der Waals surface area contributed by atoms with Gasteiger partial charge in [0.2, 0.25) is 0 Å². The highest BCUT2D eigenvalue weighted by Crippen LogP contribution is 2.21. The standard InChI is InChI=1S/C15H16N4O2S/c1-11(2)19-15-12(9-17-19)8-13(10-16-15)18-22(20,21)14-6-4-3-5-7-14/h3-11,18H,1-2H3. The quantitative estimate of drug-likeness (QED) is 0.803. The zero-order valence-corrected chi connectivity index (χ0v) is 13.1. The molecule has 3 rings (SSSR count). The van der Waals surface area contributed by atoms with E-state index in [0.29, 0.717) is 5.69 Å². The number of anilines is 1. The van der Waals surface area contributed by atoms with Crippen LogP contribution in [0, 0.1) is 0 Å². The lowest BCUT2D eigenvalue weighted by Gasteiger charge is -2.09. The molecule has 2 aromatic heterocycles. The molecule has 0 bridgehead atoms. The van der Waals surface area contributed by atoms with E-state index in [4.69, 9.17) is 0 Å². The summed E-state index contributed by atoms with van der Waals surface area (Å²) in [6, 6.07) is 10.2. The summed E-state index contributed by atoms with van der Waals surface area (Å²) in [6.07, 6.45) is 3.19. The first-order valence-corrected chi connectivity index (χ1v) is 8.37. The van der Waals surface area contributed by atoms with Crippen LogP contribution in [0.1, 0.15) is 19.9 Å². The molecule has 0 aliphatic rings. The SMILES string of the molecule is CC(C)n1ncc2cc(NS(=O)(=O)c3ccccc3)cnc21. The second-order valence-corrected chi connectivity index (χ2v) is 6.92. The van der Waals surface area contributed by atoms with Crippen molar-refractivity contribution < 1.29 is 8.42 Å². The van der Waals surface area contributed by atoms with E-state index in [-0.39, 0.29) is 10.9 Å². The van der Waals surface area contributed by atoms with Crippen LogP contribution in [0.15, 0.2) is 53.7 Å². The van der Waals surface area contributed by atoms with Crippen LogP contribution >= 0.6 is 0 Å². The number of aromatic nitrogens is 3. The average Bonchev–Trinajstić information content (AvgIpc) is 2.91. The molecule has 0 atom stereocenters. The Balaban J connectivity index is 1.95. The van der Waals surface area contributed by atoms with Gasteiger partial charge in [-0.3, -0.25) is 4.72 Å². The van der Waals surface area contributed by atoms with Crippen molar-refractivity contribution in [1.82, 2.24) is 14.8 Å². The van der Waals surface area contributed by atoms with Crippen molar-refractivity contribution in [1.29, 1.82) is 0 Å². The lowest BCUT2D eigenvalue weighted by Crippen LogP contribution is -2.13. The Kier molecular flexibility index (Phi) is 3.58. The van der Waals surface area contributed by atoms with Crippen molar-refractivity contribution in [2.24, 2.45) is 0 Å². The molecule has 114 valence electrons. The summed E-state index contributed by atoms with van der Waals surface area (Å²) in [5.74, 6) is 0. The van der Waals surface area contributed by atoms with Gasteiger partial charge in [0.25, 0.3) is 10.0 Å². The van der Waals surface area contributed by atoms with E-state index in [2.05, 4.69) is 14.8 Å². The maximum atomic E-state index is 12.3. The summed E-state index contributed by atoms with van der Waals surface area (Å²) in [5, 5.41) is 5.06. The summed E-state index contributed by atoms with van der Waals surface area (Å²) in [6.45, 7) is 4.03. The Morgan fingerprint density at radius 3 is 2.55 bits per heavy atom. The van der Waals surface area contributed by atoms with Crippen LogP contribution in [0.3, 0.4) is 0 Å². The summed E-state index contributed by atoms with van der Waals surface area (Å²) in [5.41, 5.74) is 1.15. The minimum atomic E-state index is -3.61. The highest BCUT2D eigenvalue weighted by Gasteiger charge is 2.15. The van der Waals surface area contributed by atoms with Crippen molar-refractivity contribution in [3.05, 3.63) is 48.8 Å². The summed E-state index contributed by atoms with van der Waals surface area (Å²) in [7, 11) is -3.61. The fourth-order valence-corrected chi connectivity index (χ4v) is 3.24. The number of rotatable bonds is 4. The Labute approximate surface area is 128 Å². The van der Waals surface area contributed by atoms with Crippen LogP contribution in [-0.4, -0.2) is 23.2 Å². The van der Waals surface area contributed by atoms with E-state index >= 15 is 0 Å². The van der Waals surface area contributed by atoms with Crippen molar-refractivity contribution in [3.63, 3.8) is 0 Å². The van der Waals surface area contributed by atoms with Crippen molar-refractivity contribution >= 4 is 26.7 Å². The predicted octanol–water partition coefficient (Wildman–Crippen LogP) is 2.81. The van der Waals surface area contributed by atoms with Gasteiger partial charge in [-0.05, 0) is 32.0 Å². The number of fused-ring (bicyclic) bond motifs is 1. The Morgan fingerprint density at radius 1 is 1.14 bits per heavy atom. The highest BCUT2D eigenvalue weighted by molar-refractivity contribution is 7.92. The second kappa shape index (κ2) is 5.42. The van der Waals surface area contributed by atoms with Gasteiger partial charge in [-0.1, -0.05) is 18.2 Å². The molecular weight excluding hydrogens is 300 g/mol. The summed E-state index contributed by atoms with van der Waals surface area (Å²) < 4.78 is 28.9. The fourth-order valence-electron chi connectivity index (χ4n) is 2.19. The average molecular weight is 316 g/mol. The number of sulfonamides is 1. The molecule has 0 spiro atoms. The Hall–Kier alpha value is -2.41. The maximum absolute atomic E-state index is 12.3. The van der Waals surface area contributed by atoms with E-state index in [9.17, 15) is 8.42 Å². The fraction of sp³-hybridized carbons (Fsp3) is 0.200. The van der Waals surface area contributed by atoms with Gasteiger partial charge in [0, 0.05) is 11.4 Å². The lowest BCUT2D eigenvalue weighted by atomic mass is 10.3.